The van der Waals surface area contributed by atoms with Crippen molar-refractivity contribution in [3.8, 4) is 0 Å². The van der Waals surface area contributed by atoms with Gasteiger partial charge in [0.25, 0.3) is 0 Å². The molecule has 0 radical (unpaired) electrons. The molecule has 0 saturated heterocycles. The summed E-state index contributed by atoms with van der Waals surface area (Å²) in [5.74, 6) is -8.77. The van der Waals surface area contributed by atoms with Crippen molar-refractivity contribution in [2.75, 3.05) is 0 Å². The quantitative estimate of drug-likeness (QED) is 0.818. The van der Waals surface area contributed by atoms with Crippen LogP contribution in [0.5, 0.6) is 0 Å². The molecule has 2 N–H and O–H groups in total. The van der Waals surface area contributed by atoms with E-state index in [1.807, 2.05) is 0 Å². The molecule has 5 nitrogen and oxygen atoms in total. The van der Waals surface area contributed by atoms with Gasteiger partial charge in [-0.25, -0.2) is 4.98 Å². The fourth-order valence-corrected chi connectivity index (χ4v) is 1.55. The first-order chi connectivity index (χ1) is 8.43. The first-order valence-corrected chi connectivity index (χ1v) is 4.80. The second kappa shape index (κ2) is 4.44. The van der Waals surface area contributed by atoms with Crippen molar-refractivity contribution in [2.24, 2.45) is 7.05 Å². The number of imidazole rings is 1. The molecule has 1 atom stereocenters. The van der Waals surface area contributed by atoms with E-state index in [0.717, 1.165) is 19.4 Å². The number of rotatable bonds is 4. The molecule has 108 valence electrons. The lowest BCUT2D eigenvalue weighted by Gasteiger charge is -2.34. The van der Waals surface area contributed by atoms with Crippen molar-refractivity contribution in [2.45, 2.75) is 24.1 Å². The fraction of sp³-hybridized carbons (Fsp3) is 0.556. The van der Waals surface area contributed by atoms with Crippen molar-refractivity contribution >= 4 is 5.97 Å². The van der Waals surface area contributed by atoms with E-state index in [2.05, 4.69) is 4.98 Å². The zero-order valence-corrected chi connectivity index (χ0v) is 9.45. The van der Waals surface area contributed by atoms with E-state index in [-0.39, 0.29) is 0 Å². The maximum Gasteiger partial charge on any atom is 0.456 e. The summed E-state index contributed by atoms with van der Waals surface area (Å²) in [6.07, 6.45) is -6.09. The summed E-state index contributed by atoms with van der Waals surface area (Å²) in [7, 11) is 1.06. The molecule has 0 fully saturated rings. The largest absolute Gasteiger partial charge is 0.481 e. The number of hydrogen-bond acceptors (Lipinski definition) is 3. The van der Waals surface area contributed by atoms with Crippen LogP contribution in [0.4, 0.5) is 22.0 Å². The normalized spacial score (nSPS) is 16.2. The number of aliphatic hydroxyl groups is 1. The average molecular weight is 288 g/mol. The molecule has 0 aromatic carbocycles. The maximum absolute atomic E-state index is 13.4. The number of aliphatic carboxylic acids is 1. The van der Waals surface area contributed by atoms with E-state index in [0.29, 0.717) is 4.57 Å². The smallest absolute Gasteiger partial charge is 0.456 e. The predicted molar refractivity (Wildman–Crippen MR) is 50.4 cm³/mol. The number of carboxylic acids is 1. The number of hydrogen-bond donors (Lipinski definition) is 2. The number of nitrogens with zero attached hydrogens (tertiary/aromatic N) is 2. The second-order valence-electron chi connectivity index (χ2n) is 3.86. The summed E-state index contributed by atoms with van der Waals surface area (Å²) in [6.45, 7) is 0. The zero-order valence-electron chi connectivity index (χ0n) is 9.45. The summed E-state index contributed by atoms with van der Waals surface area (Å²) in [4.78, 5) is 13.7. The molecule has 10 heteroatoms. The lowest BCUT2D eigenvalue weighted by atomic mass is 9.90. The molecular formula is C9H9F5N2O3. The van der Waals surface area contributed by atoms with Gasteiger partial charge in [0.2, 0.25) is 5.60 Å². The Morgan fingerprint density at radius 3 is 2.21 bits per heavy atom. The molecule has 0 bridgehead atoms. The molecule has 1 aromatic rings. The first kappa shape index (κ1) is 15.3. The molecule has 1 unspecified atom stereocenters. The van der Waals surface area contributed by atoms with E-state index in [4.69, 9.17) is 5.11 Å². The molecule has 1 heterocycles. The third-order valence-electron chi connectivity index (χ3n) is 2.47. The van der Waals surface area contributed by atoms with E-state index >= 15 is 0 Å². The Kier molecular flexibility index (Phi) is 3.59. The van der Waals surface area contributed by atoms with Crippen LogP contribution in [0.25, 0.3) is 0 Å². The summed E-state index contributed by atoms with van der Waals surface area (Å²) in [5.41, 5.74) is -3.99. The SMILES string of the molecule is Cn1ccnc1C(O)(CC(=O)O)C(F)(F)C(F)(F)F. The predicted octanol–water partition coefficient (Wildman–Crippen LogP) is 1.28. The van der Waals surface area contributed by atoms with Gasteiger partial charge in [-0.05, 0) is 0 Å². The van der Waals surface area contributed by atoms with E-state index in [1.54, 1.807) is 0 Å². The van der Waals surface area contributed by atoms with Crippen molar-refractivity contribution in [1.29, 1.82) is 0 Å². The van der Waals surface area contributed by atoms with Crippen molar-refractivity contribution in [3.63, 3.8) is 0 Å². The standard InChI is InChI=1S/C9H9F5N2O3/c1-16-3-2-15-6(16)7(19,4-5(17)18)8(10,11)9(12,13)14/h2-3,19H,4H2,1H3,(H,17,18). The average Bonchev–Trinajstić information content (AvgIpc) is 2.61. The lowest BCUT2D eigenvalue weighted by Crippen LogP contribution is -2.56. The van der Waals surface area contributed by atoms with Crippen molar-refractivity contribution in [1.82, 2.24) is 9.55 Å². The number of carboxylic acid groups (broad SMARTS) is 1. The number of halogens is 5. The second-order valence-corrected chi connectivity index (χ2v) is 3.86. The van der Waals surface area contributed by atoms with Gasteiger partial charge >= 0.3 is 18.1 Å². The summed E-state index contributed by atoms with van der Waals surface area (Å²) in [5, 5.41) is 18.1. The Morgan fingerprint density at radius 1 is 1.37 bits per heavy atom. The van der Waals surface area contributed by atoms with Crippen LogP contribution in [0, 0.1) is 0 Å². The summed E-state index contributed by atoms with van der Waals surface area (Å²) >= 11 is 0. The van der Waals surface area contributed by atoms with Gasteiger partial charge in [-0.15, -0.1) is 0 Å². The van der Waals surface area contributed by atoms with Crippen molar-refractivity contribution in [3.05, 3.63) is 18.2 Å². The first-order valence-electron chi connectivity index (χ1n) is 4.80. The number of aromatic nitrogens is 2. The van der Waals surface area contributed by atoms with Gasteiger partial charge in [-0.3, -0.25) is 4.79 Å². The van der Waals surface area contributed by atoms with Crippen LogP contribution in [0.15, 0.2) is 12.4 Å². The number of alkyl halides is 5. The van der Waals surface area contributed by atoms with Gasteiger partial charge in [0.15, 0.2) is 0 Å². The minimum atomic E-state index is -6.12. The fourth-order valence-electron chi connectivity index (χ4n) is 1.55. The molecule has 0 saturated carbocycles. The van der Waals surface area contributed by atoms with Crippen LogP contribution in [0.1, 0.15) is 12.2 Å². The maximum atomic E-state index is 13.4. The Hall–Kier alpha value is -1.71. The molecule has 1 aromatic heterocycles. The number of carbonyl (C=O) groups is 1. The molecule has 0 aliphatic rings. The topological polar surface area (TPSA) is 75.3 Å². The van der Waals surface area contributed by atoms with E-state index in [1.165, 1.54) is 0 Å². The third-order valence-corrected chi connectivity index (χ3v) is 2.47. The molecule has 1 rings (SSSR count). The van der Waals surface area contributed by atoms with Crippen LogP contribution < -0.4 is 0 Å². The highest BCUT2D eigenvalue weighted by atomic mass is 19.4. The third kappa shape index (κ3) is 2.39. The van der Waals surface area contributed by atoms with Crippen LogP contribution in [-0.2, 0) is 17.4 Å². The Morgan fingerprint density at radius 2 is 1.89 bits per heavy atom. The Labute approximate surface area is 103 Å². The van der Waals surface area contributed by atoms with Crippen LogP contribution in [-0.4, -0.2) is 37.8 Å². The Balaban J connectivity index is 3.45. The molecule has 0 aliphatic carbocycles. The molecular weight excluding hydrogens is 279 g/mol. The van der Waals surface area contributed by atoms with E-state index in [9.17, 15) is 31.9 Å². The van der Waals surface area contributed by atoms with Gasteiger partial charge in [0.05, 0.1) is 6.42 Å². The highest BCUT2D eigenvalue weighted by Crippen LogP contribution is 2.49. The highest BCUT2D eigenvalue weighted by molar-refractivity contribution is 5.68. The summed E-state index contributed by atoms with van der Waals surface area (Å²) < 4.78 is 64.6. The lowest BCUT2D eigenvalue weighted by molar-refractivity contribution is -0.348. The molecule has 0 spiro atoms. The van der Waals surface area contributed by atoms with Gasteiger partial charge in [0.1, 0.15) is 5.82 Å². The van der Waals surface area contributed by atoms with Gasteiger partial charge in [0, 0.05) is 19.4 Å². The van der Waals surface area contributed by atoms with Gasteiger partial charge in [-0.2, -0.15) is 22.0 Å². The van der Waals surface area contributed by atoms with E-state index < -0.39 is 35.9 Å². The Bertz CT molecular complexity index is 484. The zero-order chi connectivity index (χ0) is 15.1. The van der Waals surface area contributed by atoms with Gasteiger partial charge in [-0.1, -0.05) is 0 Å². The minimum absolute atomic E-state index is 0.697. The van der Waals surface area contributed by atoms with Gasteiger partial charge < -0.3 is 14.8 Å². The molecule has 19 heavy (non-hydrogen) atoms. The molecule has 0 amide bonds. The van der Waals surface area contributed by atoms with Crippen LogP contribution in [0.3, 0.4) is 0 Å². The molecule has 0 aliphatic heterocycles. The van der Waals surface area contributed by atoms with Crippen LogP contribution in [0.2, 0.25) is 0 Å². The minimum Gasteiger partial charge on any atom is -0.481 e. The monoisotopic (exact) mass is 288 g/mol. The summed E-state index contributed by atoms with van der Waals surface area (Å²) in [6, 6.07) is 0. The highest BCUT2D eigenvalue weighted by Gasteiger charge is 2.72. The van der Waals surface area contributed by atoms with Crippen molar-refractivity contribution < 1.29 is 37.0 Å². The van der Waals surface area contributed by atoms with Crippen LogP contribution >= 0.6 is 0 Å². The number of aryl methyl sites for hydroxylation is 1.